The molecule has 1 N–H and O–H groups in total. The third-order valence-corrected chi connectivity index (χ3v) is 6.09. The van der Waals surface area contributed by atoms with Gasteiger partial charge in [0.15, 0.2) is 0 Å². The Labute approximate surface area is 203 Å². The number of alkyl carbamates (subject to hydrolysis) is 1. The SMILES string of the molecule is COc1ccc(C=C(CNC(=O)OCc2ccccc2)B2OC(C)(C)C(C)(C)O2)cc1C(F)(F)F. The minimum atomic E-state index is -4.60. The van der Waals surface area contributed by atoms with Crippen LogP contribution in [-0.4, -0.2) is 38.1 Å². The van der Waals surface area contributed by atoms with E-state index in [1.54, 1.807) is 0 Å². The first-order valence-electron chi connectivity index (χ1n) is 11.1. The molecule has 0 bridgehead atoms. The molecule has 1 aliphatic rings. The number of carbonyl (C=O) groups is 1. The Morgan fingerprint density at radius 1 is 1.06 bits per heavy atom. The second kappa shape index (κ2) is 10.3. The smallest absolute Gasteiger partial charge is 0.492 e. The molecule has 3 rings (SSSR count). The van der Waals surface area contributed by atoms with Gasteiger partial charge in [0.05, 0.1) is 23.9 Å². The first kappa shape index (κ1) is 26.6. The quantitative estimate of drug-likeness (QED) is 0.507. The van der Waals surface area contributed by atoms with E-state index >= 15 is 0 Å². The number of rotatable bonds is 7. The van der Waals surface area contributed by atoms with E-state index in [4.69, 9.17) is 18.8 Å². The Kier molecular flexibility index (Phi) is 7.86. The van der Waals surface area contributed by atoms with Gasteiger partial charge in [0, 0.05) is 6.54 Å². The fourth-order valence-electron chi connectivity index (χ4n) is 3.40. The van der Waals surface area contributed by atoms with Gasteiger partial charge in [-0.25, -0.2) is 4.79 Å². The standard InChI is InChI=1S/C25H29BF3NO5/c1-23(2)24(3,4)35-26(34-23)19(15-30-22(31)33-16-17-9-7-6-8-10-17)13-18-11-12-21(32-5)20(14-18)25(27,28)29/h6-14H,15-16H2,1-5H3,(H,30,31). The van der Waals surface area contributed by atoms with Gasteiger partial charge in [-0.2, -0.15) is 13.2 Å². The zero-order valence-electron chi connectivity index (χ0n) is 20.4. The Morgan fingerprint density at radius 2 is 1.69 bits per heavy atom. The Hall–Kier alpha value is -2.98. The molecule has 0 saturated carbocycles. The molecule has 188 valence electrons. The second-order valence-electron chi connectivity index (χ2n) is 9.18. The van der Waals surface area contributed by atoms with Crippen molar-refractivity contribution in [3.05, 3.63) is 70.7 Å². The highest BCUT2D eigenvalue weighted by atomic mass is 19.4. The Balaban J connectivity index is 1.83. The molecule has 0 unspecified atom stereocenters. The lowest BCUT2D eigenvalue weighted by atomic mass is 9.77. The summed E-state index contributed by atoms with van der Waals surface area (Å²) in [5.41, 5.74) is -0.760. The van der Waals surface area contributed by atoms with E-state index in [-0.39, 0.29) is 24.5 Å². The van der Waals surface area contributed by atoms with Crippen molar-refractivity contribution in [1.29, 1.82) is 0 Å². The summed E-state index contributed by atoms with van der Waals surface area (Å²) in [6.07, 6.45) is -3.77. The molecule has 1 aliphatic heterocycles. The van der Waals surface area contributed by atoms with Crippen LogP contribution in [0.2, 0.25) is 0 Å². The number of amides is 1. The van der Waals surface area contributed by atoms with Crippen LogP contribution in [0.1, 0.15) is 44.4 Å². The molecule has 2 aromatic carbocycles. The van der Waals surface area contributed by atoms with Gasteiger partial charge in [0.25, 0.3) is 0 Å². The van der Waals surface area contributed by atoms with Crippen LogP contribution in [0, 0.1) is 0 Å². The average molecular weight is 491 g/mol. The van der Waals surface area contributed by atoms with Crippen LogP contribution in [0.15, 0.2) is 54.0 Å². The monoisotopic (exact) mass is 491 g/mol. The maximum Gasteiger partial charge on any atom is 0.492 e. The summed E-state index contributed by atoms with van der Waals surface area (Å²) in [4.78, 5) is 12.3. The zero-order chi connectivity index (χ0) is 25.9. The summed E-state index contributed by atoms with van der Waals surface area (Å²) < 4.78 is 62.8. The van der Waals surface area contributed by atoms with Crippen molar-refractivity contribution < 1.29 is 36.7 Å². The van der Waals surface area contributed by atoms with Crippen LogP contribution < -0.4 is 10.1 Å². The van der Waals surface area contributed by atoms with Crippen LogP contribution in [0.3, 0.4) is 0 Å². The topological polar surface area (TPSA) is 66.0 Å². The molecule has 0 radical (unpaired) electrons. The molecule has 0 aliphatic carbocycles. The van der Waals surface area contributed by atoms with Crippen LogP contribution in [0.5, 0.6) is 5.75 Å². The maximum atomic E-state index is 13.5. The second-order valence-corrected chi connectivity index (χ2v) is 9.18. The number of hydrogen-bond donors (Lipinski definition) is 1. The van der Waals surface area contributed by atoms with E-state index < -0.39 is 36.2 Å². The summed E-state index contributed by atoms with van der Waals surface area (Å²) in [5.74, 6) is -0.283. The summed E-state index contributed by atoms with van der Waals surface area (Å²) in [6, 6.07) is 12.9. The fourth-order valence-corrected chi connectivity index (χ4v) is 3.40. The number of ether oxygens (including phenoxy) is 2. The molecule has 1 fully saturated rings. The predicted octanol–water partition coefficient (Wildman–Crippen LogP) is 5.66. The first-order valence-corrected chi connectivity index (χ1v) is 11.1. The summed E-state index contributed by atoms with van der Waals surface area (Å²) in [6.45, 7) is 7.47. The molecule has 0 atom stereocenters. The Morgan fingerprint density at radius 3 is 2.26 bits per heavy atom. The number of benzene rings is 2. The van der Waals surface area contributed by atoms with Gasteiger partial charge in [-0.3, -0.25) is 0 Å². The molecule has 35 heavy (non-hydrogen) atoms. The van der Waals surface area contributed by atoms with E-state index in [1.165, 1.54) is 25.3 Å². The predicted molar refractivity (Wildman–Crippen MR) is 127 cm³/mol. The van der Waals surface area contributed by atoms with Crippen LogP contribution in [-0.2, 0) is 26.8 Å². The third kappa shape index (κ3) is 6.58. The van der Waals surface area contributed by atoms with E-state index in [0.717, 1.165) is 11.6 Å². The normalized spacial score (nSPS) is 17.3. The van der Waals surface area contributed by atoms with Gasteiger partial charge >= 0.3 is 19.4 Å². The lowest BCUT2D eigenvalue weighted by Crippen LogP contribution is -2.41. The van der Waals surface area contributed by atoms with Crippen molar-refractivity contribution in [2.24, 2.45) is 0 Å². The molecule has 1 heterocycles. The molecule has 0 spiro atoms. The third-order valence-electron chi connectivity index (χ3n) is 6.09. The maximum absolute atomic E-state index is 13.5. The van der Waals surface area contributed by atoms with Gasteiger partial charge in [-0.1, -0.05) is 42.5 Å². The van der Waals surface area contributed by atoms with Crippen molar-refractivity contribution in [3.63, 3.8) is 0 Å². The number of halogens is 3. The lowest BCUT2D eigenvalue weighted by molar-refractivity contribution is -0.138. The minimum absolute atomic E-state index is 0.0577. The van der Waals surface area contributed by atoms with Crippen LogP contribution in [0.25, 0.3) is 6.08 Å². The molecule has 6 nitrogen and oxygen atoms in total. The summed E-state index contributed by atoms with van der Waals surface area (Å²) in [5, 5.41) is 2.64. The summed E-state index contributed by atoms with van der Waals surface area (Å²) in [7, 11) is 0.298. The van der Waals surface area contributed by atoms with Crippen LogP contribution in [0.4, 0.5) is 18.0 Å². The van der Waals surface area contributed by atoms with E-state index in [1.807, 2.05) is 58.0 Å². The molecule has 0 aromatic heterocycles. The van der Waals surface area contributed by atoms with Crippen molar-refractivity contribution in [1.82, 2.24) is 5.32 Å². The minimum Gasteiger partial charge on any atom is -0.496 e. The average Bonchev–Trinajstić information content (AvgIpc) is 3.01. The van der Waals surface area contributed by atoms with Gasteiger partial charge in [0.1, 0.15) is 12.4 Å². The highest BCUT2D eigenvalue weighted by Crippen LogP contribution is 2.40. The summed E-state index contributed by atoms with van der Waals surface area (Å²) >= 11 is 0. The van der Waals surface area contributed by atoms with E-state index in [9.17, 15) is 18.0 Å². The van der Waals surface area contributed by atoms with Crippen molar-refractivity contribution in [2.45, 2.75) is 51.7 Å². The highest BCUT2D eigenvalue weighted by molar-refractivity contribution is 6.56. The molecule has 1 saturated heterocycles. The number of carbonyl (C=O) groups excluding carboxylic acids is 1. The molecular weight excluding hydrogens is 462 g/mol. The number of nitrogens with one attached hydrogen (secondary N) is 1. The van der Waals surface area contributed by atoms with Crippen molar-refractivity contribution in [3.8, 4) is 5.75 Å². The van der Waals surface area contributed by atoms with Crippen molar-refractivity contribution >= 4 is 19.3 Å². The van der Waals surface area contributed by atoms with Crippen LogP contribution >= 0.6 is 0 Å². The number of alkyl halides is 3. The highest BCUT2D eigenvalue weighted by Gasteiger charge is 2.52. The Bertz CT molecular complexity index is 1050. The molecule has 1 amide bonds. The van der Waals surface area contributed by atoms with E-state index in [0.29, 0.717) is 5.47 Å². The zero-order valence-corrected chi connectivity index (χ0v) is 20.4. The number of methoxy groups -OCH3 is 1. The van der Waals surface area contributed by atoms with Gasteiger partial charge in [0.2, 0.25) is 0 Å². The largest absolute Gasteiger partial charge is 0.496 e. The lowest BCUT2D eigenvalue weighted by Gasteiger charge is -2.32. The number of hydrogen-bond acceptors (Lipinski definition) is 5. The van der Waals surface area contributed by atoms with Crippen molar-refractivity contribution in [2.75, 3.05) is 13.7 Å². The van der Waals surface area contributed by atoms with Gasteiger partial charge in [-0.05, 0) is 56.4 Å². The van der Waals surface area contributed by atoms with Gasteiger partial charge in [-0.15, -0.1) is 0 Å². The molecular formula is C25H29BF3NO5. The molecule has 10 heteroatoms. The van der Waals surface area contributed by atoms with E-state index in [2.05, 4.69) is 5.32 Å². The fraction of sp³-hybridized carbons (Fsp3) is 0.400. The first-order chi connectivity index (χ1) is 16.3. The molecule has 2 aromatic rings. The van der Waals surface area contributed by atoms with Gasteiger partial charge < -0.3 is 24.1 Å².